The highest BCUT2D eigenvalue weighted by molar-refractivity contribution is 7.89. The van der Waals surface area contributed by atoms with Crippen LogP contribution in [0.2, 0.25) is 0 Å². The van der Waals surface area contributed by atoms with Crippen molar-refractivity contribution in [1.82, 2.24) is 15.0 Å². The van der Waals surface area contributed by atoms with Gasteiger partial charge in [0.25, 0.3) is 0 Å². The summed E-state index contributed by atoms with van der Waals surface area (Å²) >= 11 is 1.44. The maximum Gasteiger partial charge on any atom is 0.241 e. The first-order valence-electron chi connectivity index (χ1n) is 7.45. The lowest BCUT2D eigenvalue weighted by atomic mass is 10.1. The molecule has 2 aromatic rings. The number of carbonyl (C=O) groups is 1. The Labute approximate surface area is 146 Å². The van der Waals surface area contributed by atoms with Crippen LogP contribution in [0.15, 0.2) is 27.9 Å². The molecule has 1 heterocycles. The summed E-state index contributed by atoms with van der Waals surface area (Å²) in [6.07, 6.45) is 0. The summed E-state index contributed by atoms with van der Waals surface area (Å²) in [7, 11) is -3.78. The summed E-state index contributed by atoms with van der Waals surface area (Å²) in [5.74, 6) is -0.394. The molecular weight excluding hydrogens is 346 g/mol. The zero-order chi connectivity index (χ0) is 17.9. The number of carbonyl (C=O) groups excluding carboxylic acids is 1. The number of rotatable bonds is 6. The Morgan fingerprint density at radius 2 is 1.88 bits per heavy atom. The van der Waals surface area contributed by atoms with E-state index in [0.717, 1.165) is 11.3 Å². The molecule has 0 aliphatic rings. The molecule has 0 saturated heterocycles. The molecule has 1 aromatic carbocycles. The van der Waals surface area contributed by atoms with Gasteiger partial charge in [0.05, 0.1) is 28.7 Å². The van der Waals surface area contributed by atoms with E-state index in [9.17, 15) is 13.2 Å². The first kappa shape index (κ1) is 18.6. The fourth-order valence-electron chi connectivity index (χ4n) is 2.59. The van der Waals surface area contributed by atoms with Crippen LogP contribution in [0.3, 0.4) is 0 Å². The van der Waals surface area contributed by atoms with Crippen molar-refractivity contribution in [3.05, 3.63) is 45.4 Å². The van der Waals surface area contributed by atoms with Gasteiger partial charge in [0, 0.05) is 5.38 Å². The fraction of sp³-hybridized carbons (Fsp3) is 0.375. The van der Waals surface area contributed by atoms with E-state index < -0.39 is 22.0 Å². The number of amides is 1. The molecule has 0 radical (unpaired) electrons. The first-order chi connectivity index (χ1) is 11.2. The van der Waals surface area contributed by atoms with Crippen molar-refractivity contribution in [2.75, 3.05) is 0 Å². The van der Waals surface area contributed by atoms with Crippen molar-refractivity contribution in [2.24, 2.45) is 0 Å². The quantitative estimate of drug-likeness (QED) is 0.818. The molecule has 130 valence electrons. The molecule has 1 aromatic heterocycles. The minimum atomic E-state index is -3.78. The topological polar surface area (TPSA) is 88.2 Å². The third kappa shape index (κ3) is 4.40. The molecule has 0 aliphatic carbocycles. The van der Waals surface area contributed by atoms with Gasteiger partial charge in [-0.2, -0.15) is 4.72 Å². The Kier molecular flexibility index (Phi) is 5.74. The van der Waals surface area contributed by atoms with Crippen molar-refractivity contribution >= 4 is 27.3 Å². The number of nitrogens with zero attached hydrogens (tertiary/aromatic N) is 1. The molecule has 24 heavy (non-hydrogen) atoms. The Balaban J connectivity index is 2.09. The van der Waals surface area contributed by atoms with Crippen LogP contribution in [-0.4, -0.2) is 25.4 Å². The van der Waals surface area contributed by atoms with Gasteiger partial charge < -0.3 is 5.32 Å². The molecule has 0 aliphatic heterocycles. The number of hydrogen-bond acceptors (Lipinski definition) is 5. The second kappa shape index (κ2) is 7.42. The number of aromatic nitrogens is 1. The summed E-state index contributed by atoms with van der Waals surface area (Å²) in [6, 6.07) is 2.75. The smallest absolute Gasteiger partial charge is 0.241 e. The summed E-state index contributed by atoms with van der Waals surface area (Å²) in [6.45, 7) is 7.21. The van der Waals surface area contributed by atoms with Crippen LogP contribution in [0.1, 0.15) is 29.3 Å². The van der Waals surface area contributed by atoms with Gasteiger partial charge in [0.1, 0.15) is 0 Å². The molecule has 1 unspecified atom stereocenters. The highest BCUT2D eigenvalue weighted by atomic mass is 32.2. The Bertz CT molecular complexity index is 807. The SMILES string of the molecule is Cc1cc(C)c(S(=O)(=O)NC(C)C(=O)NCc2cscn2)c(C)c1. The molecule has 0 spiro atoms. The van der Waals surface area contributed by atoms with Gasteiger partial charge in [-0.1, -0.05) is 17.7 Å². The van der Waals surface area contributed by atoms with Crippen LogP contribution >= 0.6 is 11.3 Å². The van der Waals surface area contributed by atoms with E-state index in [1.165, 1.54) is 18.3 Å². The van der Waals surface area contributed by atoms with Gasteiger partial charge >= 0.3 is 0 Å². The van der Waals surface area contributed by atoms with Crippen LogP contribution in [0.25, 0.3) is 0 Å². The van der Waals surface area contributed by atoms with E-state index in [-0.39, 0.29) is 11.4 Å². The van der Waals surface area contributed by atoms with Crippen LogP contribution in [-0.2, 0) is 21.4 Å². The van der Waals surface area contributed by atoms with E-state index >= 15 is 0 Å². The highest BCUT2D eigenvalue weighted by Gasteiger charge is 2.25. The monoisotopic (exact) mass is 367 g/mol. The normalized spacial score (nSPS) is 12.8. The molecule has 2 N–H and O–H groups in total. The second-order valence-corrected chi connectivity index (χ2v) is 8.14. The average molecular weight is 367 g/mol. The van der Waals surface area contributed by atoms with Crippen LogP contribution < -0.4 is 10.0 Å². The maximum absolute atomic E-state index is 12.6. The molecule has 8 heteroatoms. The van der Waals surface area contributed by atoms with Crippen molar-refractivity contribution < 1.29 is 13.2 Å². The minimum absolute atomic E-state index is 0.229. The molecule has 1 amide bonds. The number of hydrogen-bond donors (Lipinski definition) is 2. The Morgan fingerprint density at radius 1 is 1.25 bits per heavy atom. The molecule has 0 fully saturated rings. The molecule has 0 saturated carbocycles. The third-order valence-electron chi connectivity index (χ3n) is 3.53. The number of nitrogens with one attached hydrogen (secondary N) is 2. The first-order valence-corrected chi connectivity index (χ1v) is 9.88. The van der Waals surface area contributed by atoms with E-state index in [0.29, 0.717) is 11.1 Å². The standard InChI is InChI=1S/C16H21N3O3S2/c1-10-5-11(2)15(12(3)6-10)24(21,22)19-13(4)16(20)17-7-14-8-23-9-18-14/h5-6,8-9,13,19H,7H2,1-4H3,(H,17,20). The second-order valence-electron chi connectivity index (χ2n) is 5.77. The predicted octanol–water partition coefficient (Wildman–Crippen LogP) is 2.05. The summed E-state index contributed by atoms with van der Waals surface area (Å²) in [5, 5.41) is 4.50. The molecule has 6 nitrogen and oxygen atoms in total. The van der Waals surface area contributed by atoms with Gasteiger partial charge in [-0.05, 0) is 38.8 Å². The average Bonchev–Trinajstić information content (AvgIpc) is 2.95. The van der Waals surface area contributed by atoms with Crippen molar-refractivity contribution in [3.63, 3.8) is 0 Å². The van der Waals surface area contributed by atoms with Gasteiger partial charge in [0.15, 0.2) is 0 Å². The van der Waals surface area contributed by atoms with E-state index in [1.54, 1.807) is 19.4 Å². The zero-order valence-electron chi connectivity index (χ0n) is 14.1. The lowest BCUT2D eigenvalue weighted by Gasteiger charge is -2.17. The van der Waals surface area contributed by atoms with E-state index in [2.05, 4.69) is 15.0 Å². The number of thiazole rings is 1. The van der Waals surface area contributed by atoms with Crippen LogP contribution in [0, 0.1) is 20.8 Å². The predicted molar refractivity (Wildman–Crippen MR) is 94.4 cm³/mol. The minimum Gasteiger partial charge on any atom is -0.349 e. The Hall–Kier alpha value is -1.77. The summed E-state index contributed by atoms with van der Waals surface area (Å²) < 4.78 is 27.7. The number of benzene rings is 1. The molecule has 2 rings (SSSR count). The van der Waals surface area contributed by atoms with Gasteiger partial charge in [-0.25, -0.2) is 13.4 Å². The van der Waals surface area contributed by atoms with Gasteiger partial charge in [-0.15, -0.1) is 11.3 Å². The van der Waals surface area contributed by atoms with E-state index in [1.807, 2.05) is 24.4 Å². The molecule has 1 atom stereocenters. The van der Waals surface area contributed by atoms with E-state index in [4.69, 9.17) is 0 Å². The molecular formula is C16H21N3O3S2. The molecule has 0 bridgehead atoms. The summed E-state index contributed by atoms with van der Waals surface area (Å²) in [4.78, 5) is 16.4. The largest absolute Gasteiger partial charge is 0.349 e. The van der Waals surface area contributed by atoms with Crippen molar-refractivity contribution in [1.29, 1.82) is 0 Å². The zero-order valence-corrected chi connectivity index (χ0v) is 15.7. The highest BCUT2D eigenvalue weighted by Crippen LogP contribution is 2.21. The summed E-state index contributed by atoms with van der Waals surface area (Å²) in [5.41, 5.74) is 4.74. The van der Waals surface area contributed by atoms with Gasteiger partial charge in [-0.3, -0.25) is 4.79 Å². The lowest BCUT2D eigenvalue weighted by molar-refractivity contribution is -0.122. The number of aryl methyl sites for hydroxylation is 3. The van der Waals surface area contributed by atoms with Crippen molar-refractivity contribution in [2.45, 2.75) is 45.2 Å². The van der Waals surface area contributed by atoms with Gasteiger partial charge in [0.2, 0.25) is 15.9 Å². The maximum atomic E-state index is 12.6. The fourth-order valence-corrected chi connectivity index (χ4v) is 4.81. The lowest BCUT2D eigenvalue weighted by Crippen LogP contribution is -2.44. The van der Waals surface area contributed by atoms with Crippen LogP contribution in [0.4, 0.5) is 0 Å². The third-order valence-corrected chi connectivity index (χ3v) is 6.01. The number of sulfonamides is 1. The van der Waals surface area contributed by atoms with Crippen molar-refractivity contribution in [3.8, 4) is 0 Å². The Morgan fingerprint density at radius 3 is 2.42 bits per heavy atom. The van der Waals surface area contributed by atoms with Crippen LogP contribution in [0.5, 0.6) is 0 Å².